The number of fused-ring (bicyclic) bond motifs is 1. The van der Waals surface area contributed by atoms with Crippen molar-refractivity contribution in [3.63, 3.8) is 0 Å². The highest BCUT2D eigenvalue weighted by atomic mass is 35.5. The molecular formula is C18H20ClNO. The summed E-state index contributed by atoms with van der Waals surface area (Å²) in [6.07, 6.45) is 3.67. The lowest BCUT2D eigenvalue weighted by Gasteiger charge is -2.15. The zero-order valence-electron chi connectivity index (χ0n) is 12.2. The first-order chi connectivity index (χ1) is 10.1. The van der Waals surface area contributed by atoms with Crippen LogP contribution in [-0.2, 0) is 19.4 Å². The van der Waals surface area contributed by atoms with Gasteiger partial charge >= 0.3 is 0 Å². The summed E-state index contributed by atoms with van der Waals surface area (Å²) in [5.74, 6) is 0.815. The Balaban J connectivity index is 1.76. The predicted molar refractivity (Wildman–Crippen MR) is 86.9 cm³/mol. The molecule has 0 radical (unpaired) electrons. The average molecular weight is 302 g/mol. The van der Waals surface area contributed by atoms with E-state index in [1.165, 1.54) is 36.0 Å². The van der Waals surface area contributed by atoms with E-state index >= 15 is 0 Å². The zero-order valence-corrected chi connectivity index (χ0v) is 13.0. The number of nitrogens with two attached hydrogens (primary N) is 1. The molecule has 2 aromatic carbocycles. The number of benzene rings is 2. The average Bonchev–Trinajstić information content (AvgIpc) is 2.93. The van der Waals surface area contributed by atoms with Crippen LogP contribution >= 0.6 is 11.6 Å². The van der Waals surface area contributed by atoms with Gasteiger partial charge in [0, 0.05) is 16.6 Å². The molecule has 2 nitrogen and oxygen atoms in total. The topological polar surface area (TPSA) is 35.2 Å². The Bertz CT molecular complexity index is 652. The van der Waals surface area contributed by atoms with Crippen molar-refractivity contribution in [2.24, 2.45) is 5.73 Å². The highest BCUT2D eigenvalue weighted by molar-refractivity contribution is 6.30. The number of ether oxygens (including phenoxy) is 1. The van der Waals surface area contributed by atoms with Gasteiger partial charge in [-0.25, -0.2) is 0 Å². The molecule has 1 atom stereocenters. The van der Waals surface area contributed by atoms with Crippen molar-refractivity contribution in [3.05, 3.63) is 63.7 Å². The highest BCUT2D eigenvalue weighted by Gasteiger charge is 2.12. The number of aryl methyl sites for hydroxylation is 2. The van der Waals surface area contributed by atoms with Crippen LogP contribution in [0.3, 0.4) is 0 Å². The molecule has 2 aromatic rings. The van der Waals surface area contributed by atoms with Crippen molar-refractivity contribution in [2.45, 2.75) is 38.8 Å². The van der Waals surface area contributed by atoms with Crippen LogP contribution in [0, 0.1) is 0 Å². The van der Waals surface area contributed by atoms with Crippen LogP contribution in [0.15, 0.2) is 36.4 Å². The molecule has 0 fully saturated rings. The number of rotatable bonds is 4. The summed E-state index contributed by atoms with van der Waals surface area (Å²) in [4.78, 5) is 0. The van der Waals surface area contributed by atoms with E-state index in [0.29, 0.717) is 11.6 Å². The first-order valence-corrected chi connectivity index (χ1v) is 7.80. The van der Waals surface area contributed by atoms with Gasteiger partial charge in [0.05, 0.1) is 0 Å². The molecule has 3 heteroatoms. The van der Waals surface area contributed by atoms with Gasteiger partial charge in [0.25, 0.3) is 0 Å². The van der Waals surface area contributed by atoms with Crippen LogP contribution < -0.4 is 10.5 Å². The van der Waals surface area contributed by atoms with Crippen molar-refractivity contribution >= 4 is 11.6 Å². The Morgan fingerprint density at radius 2 is 1.95 bits per heavy atom. The Hall–Kier alpha value is -1.51. The molecule has 0 aromatic heterocycles. The van der Waals surface area contributed by atoms with Gasteiger partial charge in [0.15, 0.2) is 0 Å². The van der Waals surface area contributed by atoms with E-state index in [9.17, 15) is 0 Å². The Labute approximate surface area is 130 Å². The summed E-state index contributed by atoms with van der Waals surface area (Å²) in [7, 11) is 0. The molecule has 1 aliphatic carbocycles. The lowest BCUT2D eigenvalue weighted by Crippen LogP contribution is -2.08. The van der Waals surface area contributed by atoms with Gasteiger partial charge in [0.1, 0.15) is 12.4 Å². The maximum Gasteiger partial charge on any atom is 0.124 e. The van der Waals surface area contributed by atoms with Gasteiger partial charge in [-0.2, -0.15) is 0 Å². The lowest BCUT2D eigenvalue weighted by atomic mass is 10.1. The molecule has 2 N–H and O–H groups in total. The molecule has 0 bridgehead atoms. The fourth-order valence-electron chi connectivity index (χ4n) is 2.88. The minimum atomic E-state index is -0.0984. The van der Waals surface area contributed by atoms with Crippen LogP contribution in [0.25, 0.3) is 0 Å². The van der Waals surface area contributed by atoms with Gasteiger partial charge in [-0.05, 0) is 61.1 Å². The summed E-state index contributed by atoms with van der Waals surface area (Å²) in [6.45, 7) is 2.50. The molecule has 0 spiro atoms. The van der Waals surface area contributed by atoms with Crippen LogP contribution in [0.1, 0.15) is 41.6 Å². The minimum absolute atomic E-state index is 0.0984. The monoisotopic (exact) mass is 301 g/mol. The number of hydrogen-bond acceptors (Lipinski definition) is 2. The van der Waals surface area contributed by atoms with E-state index in [4.69, 9.17) is 22.1 Å². The smallest absolute Gasteiger partial charge is 0.124 e. The molecular weight excluding hydrogens is 282 g/mol. The fraction of sp³-hybridized carbons (Fsp3) is 0.333. The van der Waals surface area contributed by atoms with Crippen molar-refractivity contribution in [2.75, 3.05) is 0 Å². The lowest BCUT2D eigenvalue weighted by molar-refractivity contribution is 0.301. The van der Waals surface area contributed by atoms with Gasteiger partial charge in [0.2, 0.25) is 0 Å². The summed E-state index contributed by atoms with van der Waals surface area (Å²) in [6, 6.07) is 12.2. The van der Waals surface area contributed by atoms with Gasteiger partial charge in [-0.3, -0.25) is 0 Å². The second kappa shape index (κ2) is 6.08. The number of hydrogen-bond donors (Lipinski definition) is 1. The van der Waals surface area contributed by atoms with Crippen LogP contribution in [-0.4, -0.2) is 0 Å². The quantitative estimate of drug-likeness (QED) is 0.907. The zero-order chi connectivity index (χ0) is 14.8. The molecule has 3 rings (SSSR count). The largest absolute Gasteiger partial charge is 0.489 e. The normalized spacial score (nSPS) is 14.8. The van der Waals surface area contributed by atoms with E-state index in [2.05, 4.69) is 18.2 Å². The molecule has 0 saturated heterocycles. The van der Waals surface area contributed by atoms with Crippen LogP contribution in [0.4, 0.5) is 0 Å². The van der Waals surface area contributed by atoms with Crippen LogP contribution in [0.5, 0.6) is 5.75 Å². The molecule has 1 unspecified atom stereocenters. The van der Waals surface area contributed by atoms with Crippen LogP contribution in [0.2, 0.25) is 5.02 Å². The third kappa shape index (κ3) is 3.22. The van der Waals surface area contributed by atoms with Crippen molar-refractivity contribution in [3.8, 4) is 5.75 Å². The van der Waals surface area contributed by atoms with E-state index < -0.39 is 0 Å². The SMILES string of the molecule is CC(N)c1cc(Cl)ccc1OCc1ccc2c(c1)CCC2. The third-order valence-corrected chi connectivity index (χ3v) is 4.25. The standard InChI is InChI=1S/C18H20ClNO/c1-12(20)17-10-16(19)7-8-18(17)21-11-13-5-6-14-3-2-4-15(14)9-13/h5-10,12H,2-4,11,20H2,1H3. The first kappa shape index (κ1) is 14.4. The van der Waals surface area contributed by atoms with Crippen molar-refractivity contribution < 1.29 is 4.74 Å². The molecule has 0 heterocycles. The molecule has 0 amide bonds. The van der Waals surface area contributed by atoms with E-state index in [0.717, 1.165) is 11.3 Å². The van der Waals surface area contributed by atoms with Crippen molar-refractivity contribution in [1.29, 1.82) is 0 Å². The molecule has 1 aliphatic rings. The summed E-state index contributed by atoms with van der Waals surface area (Å²) < 4.78 is 5.96. The summed E-state index contributed by atoms with van der Waals surface area (Å²) in [5, 5.41) is 0.687. The minimum Gasteiger partial charge on any atom is -0.489 e. The van der Waals surface area contributed by atoms with Gasteiger partial charge in [-0.15, -0.1) is 0 Å². The molecule has 110 valence electrons. The maximum absolute atomic E-state index is 6.03. The van der Waals surface area contributed by atoms with E-state index in [-0.39, 0.29) is 6.04 Å². The second-order valence-electron chi connectivity index (χ2n) is 5.72. The predicted octanol–water partition coefficient (Wildman–Crippen LogP) is 4.43. The van der Waals surface area contributed by atoms with E-state index in [1.807, 2.05) is 25.1 Å². The maximum atomic E-state index is 6.03. The Morgan fingerprint density at radius 1 is 1.14 bits per heavy atom. The van der Waals surface area contributed by atoms with Gasteiger partial charge in [-0.1, -0.05) is 29.8 Å². The Morgan fingerprint density at radius 3 is 2.76 bits per heavy atom. The summed E-state index contributed by atoms with van der Waals surface area (Å²) in [5.41, 5.74) is 11.1. The molecule has 0 aliphatic heterocycles. The third-order valence-electron chi connectivity index (χ3n) is 4.02. The Kier molecular flexibility index (Phi) is 4.18. The first-order valence-electron chi connectivity index (χ1n) is 7.42. The second-order valence-corrected chi connectivity index (χ2v) is 6.15. The highest BCUT2D eigenvalue weighted by Crippen LogP contribution is 2.28. The van der Waals surface area contributed by atoms with Gasteiger partial charge < -0.3 is 10.5 Å². The number of halogens is 1. The summed E-state index contributed by atoms with van der Waals surface area (Å²) >= 11 is 6.03. The molecule has 0 saturated carbocycles. The van der Waals surface area contributed by atoms with Crippen molar-refractivity contribution in [1.82, 2.24) is 0 Å². The molecule has 21 heavy (non-hydrogen) atoms. The fourth-order valence-corrected chi connectivity index (χ4v) is 3.06. The van der Waals surface area contributed by atoms with E-state index in [1.54, 1.807) is 0 Å².